The number of hydrogen-bond acceptors (Lipinski definition) is 4. The van der Waals surface area contributed by atoms with Crippen molar-refractivity contribution < 1.29 is 9.13 Å². The quantitative estimate of drug-likeness (QED) is 0.688. The molecule has 1 aliphatic heterocycles. The standard InChI is InChI=1S/C19H11ClFN3O2/c20-11-5-3-6-12(21)15(11)14-10(8-22)18(23)26-17-9-4-1-2-7-13(9)24-19(25)16(14)17/h1-7,14H,23H2,(H,24,25). The van der Waals surface area contributed by atoms with E-state index in [4.69, 9.17) is 22.1 Å². The van der Waals surface area contributed by atoms with Gasteiger partial charge in [0, 0.05) is 16.0 Å². The van der Waals surface area contributed by atoms with Crippen LogP contribution in [0.3, 0.4) is 0 Å². The fraction of sp³-hybridized carbons (Fsp3) is 0.0526. The summed E-state index contributed by atoms with van der Waals surface area (Å²) >= 11 is 6.20. The first-order valence-electron chi connectivity index (χ1n) is 7.69. The van der Waals surface area contributed by atoms with Gasteiger partial charge in [-0.1, -0.05) is 29.8 Å². The van der Waals surface area contributed by atoms with E-state index >= 15 is 0 Å². The summed E-state index contributed by atoms with van der Waals surface area (Å²) in [5.41, 5.74) is 6.02. The van der Waals surface area contributed by atoms with Crippen molar-refractivity contribution in [3.05, 3.63) is 86.2 Å². The Labute approximate surface area is 152 Å². The van der Waals surface area contributed by atoms with Crippen LogP contribution in [0.5, 0.6) is 5.75 Å². The zero-order chi connectivity index (χ0) is 18.4. The van der Waals surface area contributed by atoms with E-state index in [1.165, 1.54) is 18.2 Å². The Balaban J connectivity index is 2.15. The molecule has 0 saturated heterocycles. The topological polar surface area (TPSA) is 91.9 Å². The van der Waals surface area contributed by atoms with Crippen LogP contribution in [0.2, 0.25) is 5.02 Å². The van der Waals surface area contributed by atoms with Crippen LogP contribution in [0, 0.1) is 17.1 Å². The van der Waals surface area contributed by atoms with Gasteiger partial charge in [-0.05, 0) is 24.3 Å². The molecule has 2 heterocycles. The maximum absolute atomic E-state index is 14.6. The average molecular weight is 368 g/mol. The molecule has 5 nitrogen and oxygen atoms in total. The lowest BCUT2D eigenvalue weighted by Gasteiger charge is -2.27. The monoisotopic (exact) mass is 367 g/mol. The minimum atomic E-state index is -1.06. The molecule has 1 aromatic heterocycles. The molecule has 1 unspecified atom stereocenters. The zero-order valence-electron chi connectivity index (χ0n) is 13.2. The number of fused-ring (bicyclic) bond motifs is 3. The van der Waals surface area contributed by atoms with Crippen LogP contribution in [0.1, 0.15) is 17.0 Å². The highest BCUT2D eigenvalue weighted by atomic mass is 35.5. The zero-order valence-corrected chi connectivity index (χ0v) is 14.0. The molecule has 26 heavy (non-hydrogen) atoms. The van der Waals surface area contributed by atoms with Crippen molar-refractivity contribution in [3.8, 4) is 11.8 Å². The third kappa shape index (κ3) is 2.25. The highest BCUT2D eigenvalue weighted by molar-refractivity contribution is 6.31. The van der Waals surface area contributed by atoms with Crippen LogP contribution in [0.15, 0.2) is 58.7 Å². The first kappa shape index (κ1) is 16.2. The number of aromatic amines is 1. The molecule has 3 N–H and O–H groups in total. The maximum atomic E-state index is 14.6. The van der Waals surface area contributed by atoms with Crippen LogP contribution in [0.4, 0.5) is 4.39 Å². The summed E-state index contributed by atoms with van der Waals surface area (Å²) in [7, 11) is 0. The number of ether oxygens (including phenoxy) is 1. The van der Waals surface area contributed by atoms with Gasteiger partial charge in [-0.25, -0.2) is 4.39 Å². The number of nitrogens with zero attached hydrogens (tertiary/aromatic N) is 1. The largest absolute Gasteiger partial charge is 0.439 e. The van der Waals surface area contributed by atoms with Gasteiger partial charge in [0.2, 0.25) is 5.88 Å². The predicted molar refractivity (Wildman–Crippen MR) is 95.3 cm³/mol. The minimum absolute atomic E-state index is 0.0130. The second kappa shape index (κ2) is 5.90. The third-order valence-corrected chi connectivity index (χ3v) is 4.70. The van der Waals surface area contributed by atoms with Gasteiger partial charge >= 0.3 is 0 Å². The van der Waals surface area contributed by atoms with Crippen LogP contribution in [-0.4, -0.2) is 4.98 Å². The highest BCUT2D eigenvalue weighted by Crippen LogP contribution is 2.45. The van der Waals surface area contributed by atoms with Crippen molar-refractivity contribution in [2.75, 3.05) is 0 Å². The molecule has 0 fully saturated rings. The van der Waals surface area contributed by atoms with E-state index in [0.29, 0.717) is 10.9 Å². The molecular weight excluding hydrogens is 357 g/mol. The van der Waals surface area contributed by atoms with Crippen LogP contribution < -0.4 is 16.0 Å². The summed E-state index contributed by atoms with van der Waals surface area (Å²) in [5, 5.41) is 10.2. The van der Waals surface area contributed by atoms with Crippen molar-refractivity contribution in [2.24, 2.45) is 5.73 Å². The number of halogens is 2. The van der Waals surface area contributed by atoms with Crippen molar-refractivity contribution in [1.82, 2.24) is 4.98 Å². The number of nitriles is 1. The normalized spacial score (nSPS) is 16.1. The molecule has 128 valence electrons. The van der Waals surface area contributed by atoms with Gasteiger partial charge in [0.15, 0.2) is 0 Å². The van der Waals surface area contributed by atoms with Crippen LogP contribution in [0.25, 0.3) is 10.9 Å². The van der Waals surface area contributed by atoms with Crippen molar-refractivity contribution >= 4 is 22.5 Å². The van der Waals surface area contributed by atoms with Gasteiger partial charge in [-0.15, -0.1) is 0 Å². The van der Waals surface area contributed by atoms with Crippen LogP contribution in [-0.2, 0) is 0 Å². The Kier molecular flexibility index (Phi) is 3.67. The summed E-state index contributed by atoms with van der Waals surface area (Å²) in [5.74, 6) is -1.68. The third-order valence-electron chi connectivity index (χ3n) is 4.37. The molecule has 0 radical (unpaired) electrons. The van der Waals surface area contributed by atoms with Gasteiger partial charge in [-0.3, -0.25) is 4.79 Å². The second-order valence-corrected chi connectivity index (χ2v) is 6.21. The Hall–Kier alpha value is -3.30. The molecule has 1 aliphatic rings. The smallest absolute Gasteiger partial charge is 0.256 e. The Morgan fingerprint density at radius 2 is 1.96 bits per heavy atom. The molecule has 3 aromatic rings. The number of nitrogens with two attached hydrogens (primary N) is 1. The van der Waals surface area contributed by atoms with Crippen molar-refractivity contribution in [3.63, 3.8) is 0 Å². The molecule has 0 spiro atoms. The molecule has 7 heteroatoms. The Morgan fingerprint density at radius 1 is 1.19 bits per heavy atom. The molecule has 4 rings (SSSR count). The van der Waals surface area contributed by atoms with Crippen molar-refractivity contribution in [2.45, 2.75) is 5.92 Å². The van der Waals surface area contributed by atoms with Gasteiger partial charge < -0.3 is 15.5 Å². The first-order chi connectivity index (χ1) is 12.5. The molecule has 1 atom stereocenters. The molecule has 2 aromatic carbocycles. The lowest BCUT2D eigenvalue weighted by atomic mass is 9.83. The summed E-state index contributed by atoms with van der Waals surface area (Å²) in [4.78, 5) is 15.5. The minimum Gasteiger partial charge on any atom is -0.439 e. The Bertz CT molecular complexity index is 1170. The van der Waals surface area contributed by atoms with Gasteiger partial charge in [0.25, 0.3) is 5.56 Å². The summed E-state index contributed by atoms with van der Waals surface area (Å²) in [6.45, 7) is 0. The number of aromatic nitrogens is 1. The second-order valence-electron chi connectivity index (χ2n) is 5.80. The summed E-state index contributed by atoms with van der Waals surface area (Å²) in [6.07, 6.45) is 0. The number of H-pyrrole nitrogens is 1. The number of rotatable bonds is 1. The van der Waals surface area contributed by atoms with Crippen molar-refractivity contribution in [1.29, 1.82) is 5.26 Å². The van der Waals surface area contributed by atoms with Gasteiger partial charge in [0.05, 0.1) is 17.0 Å². The van der Waals surface area contributed by atoms with E-state index in [1.54, 1.807) is 24.3 Å². The van der Waals surface area contributed by atoms with E-state index in [2.05, 4.69) is 4.98 Å². The lowest BCUT2D eigenvalue weighted by Crippen LogP contribution is -2.28. The summed E-state index contributed by atoms with van der Waals surface area (Å²) in [6, 6.07) is 13.1. The first-order valence-corrected chi connectivity index (χ1v) is 8.07. The number of hydrogen-bond donors (Lipinski definition) is 2. The molecular formula is C19H11ClFN3O2. The van der Waals surface area contributed by atoms with Gasteiger partial charge in [-0.2, -0.15) is 5.26 Å². The SMILES string of the molecule is N#CC1=C(N)Oc2c(c(=O)[nH]c3ccccc23)C1c1c(F)cccc1Cl. The fourth-order valence-electron chi connectivity index (χ4n) is 3.25. The van der Waals surface area contributed by atoms with E-state index < -0.39 is 17.3 Å². The lowest BCUT2D eigenvalue weighted by molar-refractivity contribution is 0.395. The fourth-order valence-corrected chi connectivity index (χ4v) is 3.52. The highest BCUT2D eigenvalue weighted by Gasteiger charge is 2.37. The average Bonchev–Trinajstić information content (AvgIpc) is 2.61. The molecule has 0 saturated carbocycles. The molecule has 0 bridgehead atoms. The number of pyridine rings is 1. The van der Waals surface area contributed by atoms with E-state index in [9.17, 15) is 14.4 Å². The number of para-hydroxylation sites is 1. The molecule has 0 aliphatic carbocycles. The number of benzene rings is 2. The van der Waals surface area contributed by atoms with Gasteiger partial charge in [0.1, 0.15) is 23.2 Å². The van der Waals surface area contributed by atoms with E-state index in [-0.39, 0.29) is 33.4 Å². The Morgan fingerprint density at radius 3 is 2.69 bits per heavy atom. The van der Waals surface area contributed by atoms with E-state index in [1.807, 2.05) is 6.07 Å². The number of allylic oxidation sites excluding steroid dienone is 1. The van der Waals surface area contributed by atoms with E-state index in [0.717, 1.165) is 0 Å². The number of nitrogens with one attached hydrogen (secondary N) is 1. The summed E-state index contributed by atoms with van der Waals surface area (Å²) < 4.78 is 20.2. The van der Waals surface area contributed by atoms with Crippen LogP contribution >= 0.6 is 11.6 Å². The maximum Gasteiger partial charge on any atom is 0.256 e. The predicted octanol–water partition coefficient (Wildman–Crippen LogP) is 3.54. The molecule has 0 amide bonds.